The molecule has 134 valence electrons. The highest BCUT2D eigenvalue weighted by Crippen LogP contribution is 2.32. The molecule has 26 heavy (non-hydrogen) atoms. The molecule has 1 fully saturated rings. The minimum Gasteiger partial charge on any atom is -0.349 e. The number of amides is 2. The zero-order chi connectivity index (χ0) is 18.3. The van der Waals surface area contributed by atoms with Gasteiger partial charge in [-0.05, 0) is 48.7 Å². The fourth-order valence-electron chi connectivity index (χ4n) is 2.91. The lowest BCUT2D eigenvalue weighted by Gasteiger charge is -2.29. The Morgan fingerprint density at radius 3 is 2.62 bits per heavy atom. The highest BCUT2D eigenvalue weighted by Gasteiger charge is 2.31. The summed E-state index contributed by atoms with van der Waals surface area (Å²) in [5.74, 6) is -0.915. The van der Waals surface area contributed by atoms with Crippen LogP contribution < -0.4 is 10.2 Å². The fraction of sp³-hybridized carbons (Fsp3) is 0.263. The molecule has 2 amide bonds. The summed E-state index contributed by atoms with van der Waals surface area (Å²) in [6.45, 7) is 0.233. The van der Waals surface area contributed by atoms with Gasteiger partial charge in [-0.3, -0.25) is 13.8 Å². The number of benzene rings is 2. The van der Waals surface area contributed by atoms with Crippen LogP contribution in [0.25, 0.3) is 0 Å². The standard InChI is InChI=1S/C19H17FN2O3S/c20-14-4-1-12(2-5-14)10-22-16-9-13(19(24)21-15-6-7-15)3-8-17(16)26(25)11-18(22)23/h1-5,8-9,15H,6-7,10-11H2,(H,21,24)/t26-/m0/s1. The molecule has 2 aliphatic rings. The largest absolute Gasteiger partial charge is 0.349 e. The van der Waals surface area contributed by atoms with Crippen LogP contribution in [0.4, 0.5) is 10.1 Å². The molecule has 1 N–H and O–H groups in total. The molecule has 0 unspecified atom stereocenters. The van der Waals surface area contributed by atoms with Crippen LogP contribution in [0.15, 0.2) is 47.4 Å². The second-order valence-electron chi connectivity index (χ2n) is 6.53. The number of rotatable bonds is 4. The summed E-state index contributed by atoms with van der Waals surface area (Å²) in [4.78, 5) is 26.8. The Bertz CT molecular complexity index is 910. The maximum atomic E-state index is 13.1. The van der Waals surface area contributed by atoms with Gasteiger partial charge in [0.05, 0.1) is 27.9 Å². The molecule has 1 atom stereocenters. The van der Waals surface area contributed by atoms with Crippen LogP contribution in [0.2, 0.25) is 0 Å². The van der Waals surface area contributed by atoms with Crippen molar-refractivity contribution in [2.45, 2.75) is 30.3 Å². The third-order valence-corrected chi connectivity index (χ3v) is 5.82. The van der Waals surface area contributed by atoms with Crippen molar-refractivity contribution in [1.29, 1.82) is 0 Å². The molecule has 1 saturated carbocycles. The smallest absolute Gasteiger partial charge is 0.251 e. The molecule has 0 saturated heterocycles. The third kappa shape index (κ3) is 3.39. The van der Waals surface area contributed by atoms with Crippen LogP contribution in [0.5, 0.6) is 0 Å². The van der Waals surface area contributed by atoms with Crippen LogP contribution in [0.3, 0.4) is 0 Å². The first-order valence-electron chi connectivity index (χ1n) is 8.39. The third-order valence-electron chi connectivity index (χ3n) is 4.48. The van der Waals surface area contributed by atoms with E-state index in [0.717, 1.165) is 18.4 Å². The molecule has 0 bridgehead atoms. The maximum Gasteiger partial charge on any atom is 0.251 e. The Balaban J connectivity index is 1.67. The number of nitrogens with zero attached hydrogens (tertiary/aromatic N) is 1. The van der Waals surface area contributed by atoms with Crippen molar-refractivity contribution in [3.8, 4) is 0 Å². The van der Waals surface area contributed by atoms with Gasteiger partial charge in [0.25, 0.3) is 5.91 Å². The summed E-state index contributed by atoms with van der Waals surface area (Å²) in [6.07, 6.45) is 1.96. The van der Waals surface area contributed by atoms with Crippen LogP contribution in [0, 0.1) is 5.82 Å². The number of halogens is 1. The van der Waals surface area contributed by atoms with Gasteiger partial charge >= 0.3 is 0 Å². The van der Waals surface area contributed by atoms with Gasteiger partial charge in [-0.1, -0.05) is 12.1 Å². The van der Waals surface area contributed by atoms with E-state index in [1.54, 1.807) is 30.3 Å². The Morgan fingerprint density at radius 1 is 1.19 bits per heavy atom. The van der Waals surface area contributed by atoms with Crippen molar-refractivity contribution in [2.24, 2.45) is 0 Å². The van der Waals surface area contributed by atoms with E-state index in [2.05, 4.69) is 5.32 Å². The number of hydrogen-bond acceptors (Lipinski definition) is 3. The summed E-state index contributed by atoms with van der Waals surface area (Å²) in [7, 11) is -1.43. The van der Waals surface area contributed by atoms with Crippen molar-refractivity contribution < 1.29 is 18.2 Å². The summed E-state index contributed by atoms with van der Waals surface area (Å²) in [5.41, 5.74) is 1.67. The zero-order valence-electron chi connectivity index (χ0n) is 13.9. The van der Waals surface area contributed by atoms with E-state index in [0.29, 0.717) is 16.1 Å². The van der Waals surface area contributed by atoms with Crippen molar-refractivity contribution in [2.75, 3.05) is 10.7 Å². The van der Waals surface area contributed by atoms with Gasteiger partial charge in [-0.2, -0.15) is 0 Å². The average Bonchev–Trinajstić information content (AvgIpc) is 3.43. The lowest BCUT2D eigenvalue weighted by Crippen LogP contribution is -2.38. The predicted molar refractivity (Wildman–Crippen MR) is 95.8 cm³/mol. The van der Waals surface area contributed by atoms with E-state index in [-0.39, 0.29) is 36.0 Å². The summed E-state index contributed by atoms with van der Waals surface area (Å²) in [6, 6.07) is 11.0. The molecule has 1 heterocycles. The topological polar surface area (TPSA) is 66.5 Å². The van der Waals surface area contributed by atoms with Crippen molar-refractivity contribution in [3.63, 3.8) is 0 Å². The summed E-state index contributed by atoms with van der Waals surface area (Å²) >= 11 is 0. The number of anilines is 1. The molecule has 7 heteroatoms. The minimum absolute atomic E-state index is 0.0954. The molecule has 5 nitrogen and oxygen atoms in total. The van der Waals surface area contributed by atoms with Crippen LogP contribution in [-0.4, -0.2) is 27.8 Å². The highest BCUT2D eigenvalue weighted by atomic mass is 32.2. The fourth-order valence-corrected chi connectivity index (χ4v) is 4.06. The number of hydrogen-bond donors (Lipinski definition) is 1. The van der Waals surface area contributed by atoms with Gasteiger partial charge in [0.2, 0.25) is 5.91 Å². The van der Waals surface area contributed by atoms with Crippen LogP contribution in [-0.2, 0) is 22.1 Å². The number of carbonyl (C=O) groups excluding carboxylic acids is 2. The Hall–Kier alpha value is -2.54. The highest BCUT2D eigenvalue weighted by molar-refractivity contribution is 7.86. The zero-order valence-corrected chi connectivity index (χ0v) is 14.7. The van der Waals surface area contributed by atoms with Gasteiger partial charge in [-0.15, -0.1) is 0 Å². The number of fused-ring (bicyclic) bond motifs is 1. The first-order valence-corrected chi connectivity index (χ1v) is 9.71. The minimum atomic E-state index is -1.43. The van der Waals surface area contributed by atoms with Gasteiger partial charge in [0, 0.05) is 11.6 Å². The molecular weight excluding hydrogens is 355 g/mol. The quantitative estimate of drug-likeness (QED) is 0.896. The van der Waals surface area contributed by atoms with E-state index in [4.69, 9.17) is 0 Å². The molecular formula is C19H17FN2O3S. The first-order chi connectivity index (χ1) is 12.5. The average molecular weight is 372 g/mol. The van der Waals surface area contributed by atoms with E-state index in [9.17, 15) is 18.2 Å². The number of nitrogens with one attached hydrogen (secondary N) is 1. The monoisotopic (exact) mass is 372 g/mol. The molecule has 2 aromatic rings. The molecule has 0 aromatic heterocycles. The second-order valence-corrected chi connectivity index (χ2v) is 7.95. The Morgan fingerprint density at radius 2 is 1.92 bits per heavy atom. The van der Waals surface area contributed by atoms with E-state index < -0.39 is 10.8 Å². The van der Waals surface area contributed by atoms with Crippen molar-refractivity contribution in [3.05, 3.63) is 59.4 Å². The molecule has 4 rings (SSSR count). The Kier molecular flexibility index (Phi) is 4.32. The predicted octanol–water partition coefficient (Wildman–Crippen LogP) is 2.37. The molecule has 0 spiro atoms. The van der Waals surface area contributed by atoms with Gasteiger partial charge in [0.15, 0.2) is 0 Å². The van der Waals surface area contributed by atoms with Gasteiger partial charge < -0.3 is 10.2 Å². The molecule has 0 radical (unpaired) electrons. The van der Waals surface area contributed by atoms with E-state index in [1.807, 2.05) is 0 Å². The maximum absolute atomic E-state index is 13.1. The van der Waals surface area contributed by atoms with E-state index in [1.165, 1.54) is 17.0 Å². The second kappa shape index (κ2) is 6.64. The van der Waals surface area contributed by atoms with Crippen molar-refractivity contribution >= 4 is 28.3 Å². The lowest BCUT2D eigenvalue weighted by molar-refractivity contribution is -0.116. The molecule has 1 aliphatic heterocycles. The first kappa shape index (κ1) is 16.9. The van der Waals surface area contributed by atoms with Gasteiger partial charge in [-0.25, -0.2) is 4.39 Å². The normalized spacial score (nSPS) is 19.2. The number of carbonyl (C=O) groups is 2. The summed E-state index contributed by atoms with van der Waals surface area (Å²) in [5, 5.41) is 2.91. The lowest BCUT2D eigenvalue weighted by atomic mass is 10.1. The van der Waals surface area contributed by atoms with E-state index >= 15 is 0 Å². The summed E-state index contributed by atoms with van der Waals surface area (Å²) < 4.78 is 25.4. The van der Waals surface area contributed by atoms with Crippen LogP contribution in [0.1, 0.15) is 28.8 Å². The van der Waals surface area contributed by atoms with Gasteiger partial charge in [0.1, 0.15) is 11.6 Å². The molecule has 2 aromatic carbocycles. The Labute approximate surface area is 152 Å². The van der Waals surface area contributed by atoms with Crippen LogP contribution >= 0.6 is 0 Å². The SMILES string of the molecule is O=C(NC1CC1)c1ccc2c(c1)N(Cc1ccc(F)cc1)C(=O)C[S@@]2=O. The molecule has 1 aliphatic carbocycles. The van der Waals surface area contributed by atoms with Crippen molar-refractivity contribution in [1.82, 2.24) is 5.32 Å².